The van der Waals surface area contributed by atoms with E-state index in [0.717, 1.165) is 4.99 Å². The van der Waals surface area contributed by atoms with E-state index in [2.05, 4.69) is 19.2 Å². The van der Waals surface area contributed by atoms with Crippen LogP contribution in [0, 0.1) is 6.42 Å². The highest BCUT2D eigenvalue weighted by Crippen LogP contribution is 1.82. The van der Waals surface area contributed by atoms with Crippen molar-refractivity contribution in [2.75, 3.05) is 0 Å². The molecular formula is C6H12NS. The van der Waals surface area contributed by atoms with Crippen LogP contribution in [0.3, 0.4) is 0 Å². The van der Waals surface area contributed by atoms with E-state index in [4.69, 9.17) is 12.2 Å². The monoisotopic (exact) mass is 130 g/mol. The Morgan fingerprint density at radius 1 is 1.62 bits per heavy atom. The third kappa shape index (κ3) is 4.06. The van der Waals surface area contributed by atoms with E-state index in [1.165, 1.54) is 0 Å². The fourth-order valence-electron chi connectivity index (χ4n) is 0.368. The molecule has 0 aliphatic rings. The van der Waals surface area contributed by atoms with Crippen LogP contribution in [0.25, 0.3) is 0 Å². The second-order valence-electron chi connectivity index (χ2n) is 1.95. The van der Waals surface area contributed by atoms with Crippen LogP contribution in [0.4, 0.5) is 0 Å². The predicted octanol–water partition coefficient (Wildman–Crippen LogP) is 1.54. The zero-order chi connectivity index (χ0) is 6.57. The molecule has 0 aromatic carbocycles. The summed E-state index contributed by atoms with van der Waals surface area (Å²) in [6, 6.07) is 0.457. The van der Waals surface area contributed by atoms with Crippen molar-refractivity contribution in [1.29, 1.82) is 0 Å². The van der Waals surface area contributed by atoms with Crippen LogP contribution in [-0.2, 0) is 0 Å². The molecule has 0 spiro atoms. The molecule has 0 aromatic rings. The summed E-state index contributed by atoms with van der Waals surface area (Å²) in [5.74, 6) is 0. The predicted molar refractivity (Wildman–Crippen MR) is 40.8 cm³/mol. The molecule has 0 amide bonds. The van der Waals surface area contributed by atoms with Gasteiger partial charge >= 0.3 is 0 Å². The Morgan fingerprint density at radius 3 is 2.25 bits per heavy atom. The van der Waals surface area contributed by atoms with Gasteiger partial charge in [-0.15, -0.1) is 0 Å². The number of hydrogen-bond donors (Lipinski definition) is 1. The fraction of sp³-hybridized carbons (Fsp3) is 0.667. The van der Waals surface area contributed by atoms with Gasteiger partial charge in [0.2, 0.25) is 0 Å². The minimum atomic E-state index is 0.457. The Kier molecular flexibility index (Phi) is 3.79. The van der Waals surface area contributed by atoms with Crippen LogP contribution in [0.5, 0.6) is 0 Å². The van der Waals surface area contributed by atoms with Gasteiger partial charge in [-0.1, -0.05) is 19.1 Å². The fourth-order valence-corrected chi connectivity index (χ4v) is 0.604. The van der Waals surface area contributed by atoms with Gasteiger partial charge < -0.3 is 5.32 Å². The van der Waals surface area contributed by atoms with E-state index in [1.807, 2.05) is 13.3 Å². The molecule has 0 unspecified atom stereocenters. The number of rotatable bonds is 2. The summed E-state index contributed by atoms with van der Waals surface area (Å²) < 4.78 is 0. The second kappa shape index (κ2) is 3.84. The molecule has 0 aliphatic carbocycles. The summed E-state index contributed by atoms with van der Waals surface area (Å²) in [7, 11) is 0. The minimum Gasteiger partial charge on any atom is -0.377 e. The molecule has 0 heterocycles. The average Bonchev–Trinajstić information content (AvgIpc) is 1.65. The van der Waals surface area contributed by atoms with E-state index in [0.29, 0.717) is 6.04 Å². The van der Waals surface area contributed by atoms with Crippen molar-refractivity contribution >= 4 is 17.2 Å². The van der Waals surface area contributed by atoms with Gasteiger partial charge in [0.15, 0.2) is 0 Å². The molecule has 1 N–H and O–H groups in total. The van der Waals surface area contributed by atoms with E-state index in [1.54, 1.807) is 0 Å². The lowest BCUT2D eigenvalue weighted by molar-refractivity contribution is 0.739. The molecule has 0 atom stereocenters. The normalized spacial score (nSPS) is 9.50. The Bertz CT molecular complexity index is 78.6. The standard InChI is InChI=1S/C6H12NS/c1-4-6(8)7-5(2)3/h4-5H,1-3H3,(H,7,8). The van der Waals surface area contributed by atoms with Gasteiger partial charge in [0.25, 0.3) is 0 Å². The molecule has 47 valence electrons. The molecule has 0 saturated carbocycles. The van der Waals surface area contributed by atoms with Crippen LogP contribution in [-0.4, -0.2) is 11.0 Å². The van der Waals surface area contributed by atoms with E-state index >= 15 is 0 Å². The van der Waals surface area contributed by atoms with Crippen LogP contribution in [0.1, 0.15) is 20.8 Å². The summed E-state index contributed by atoms with van der Waals surface area (Å²) in [5, 5.41) is 3.07. The van der Waals surface area contributed by atoms with Crippen LogP contribution in [0.15, 0.2) is 0 Å². The summed E-state index contributed by atoms with van der Waals surface area (Å²) in [6.45, 7) is 6.06. The lowest BCUT2D eigenvalue weighted by Crippen LogP contribution is -2.27. The van der Waals surface area contributed by atoms with Gasteiger partial charge in [-0.3, -0.25) is 0 Å². The first-order valence-electron chi connectivity index (χ1n) is 2.76. The molecule has 2 heteroatoms. The van der Waals surface area contributed by atoms with Crippen molar-refractivity contribution in [3.63, 3.8) is 0 Å². The second-order valence-corrected chi connectivity index (χ2v) is 2.39. The minimum absolute atomic E-state index is 0.457. The molecule has 0 rings (SSSR count). The summed E-state index contributed by atoms with van der Waals surface area (Å²) in [4.78, 5) is 0.833. The average molecular weight is 130 g/mol. The highest BCUT2D eigenvalue weighted by atomic mass is 32.1. The smallest absolute Gasteiger partial charge is 0.0790 e. The summed E-state index contributed by atoms with van der Waals surface area (Å²) >= 11 is 4.86. The van der Waals surface area contributed by atoms with Gasteiger partial charge in [0, 0.05) is 12.5 Å². The zero-order valence-electron chi connectivity index (χ0n) is 5.56. The van der Waals surface area contributed by atoms with Crippen molar-refractivity contribution in [3.05, 3.63) is 6.42 Å². The summed E-state index contributed by atoms with van der Waals surface area (Å²) in [6.07, 6.45) is 1.88. The van der Waals surface area contributed by atoms with E-state index in [9.17, 15) is 0 Å². The van der Waals surface area contributed by atoms with Gasteiger partial charge in [0.05, 0.1) is 4.99 Å². The first kappa shape index (κ1) is 7.89. The topological polar surface area (TPSA) is 12.0 Å². The van der Waals surface area contributed by atoms with Crippen LogP contribution in [0.2, 0.25) is 0 Å². The highest BCUT2D eigenvalue weighted by molar-refractivity contribution is 7.80. The number of thiocarbonyl (C=S) groups is 1. The zero-order valence-corrected chi connectivity index (χ0v) is 6.38. The maximum absolute atomic E-state index is 4.86. The van der Waals surface area contributed by atoms with Gasteiger partial charge in [-0.25, -0.2) is 0 Å². The molecule has 0 saturated heterocycles. The highest BCUT2D eigenvalue weighted by Gasteiger charge is 1.92. The summed E-state index contributed by atoms with van der Waals surface area (Å²) in [5.41, 5.74) is 0. The number of hydrogen-bond acceptors (Lipinski definition) is 1. The Labute approximate surface area is 56.5 Å². The molecular weight excluding hydrogens is 118 g/mol. The largest absolute Gasteiger partial charge is 0.377 e. The van der Waals surface area contributed by atoms with Gasteiger partial charge in [0.1, 0.15) is 0 Å². The first-order chi connectivity index (χ1) is 3.66. The first-order valence-corrected chi connectivity index (χ1v) is 3.17. The maximum Gasteiger partial charge on any atom is 0.0790 e. The lowest BCUT2D eigenvalue weighted by atomic mass is 10.4. The maximum atomic E-state index is 4.86. The molecule has 0 aliphatic heterocycles. The Hall–Kier alpha value is -0.110. The Balaban J connectivity index is 3.25. The van der Waals surface area contributed by atoms with Crippen LogP contribution >= 0.6 is 12.2 Å². The van der Waals surface area contributed by atoms with Crippen molar-refractivity contribution in [3.8, 4) is 0 Å². The third-order valence-corrected chi connectivity index (χ3v) is 1.05. The molecule has 0 aromatic heterocycles. The Morgan fingerprint density at radius 2 is 2.12 bits per heavy atom. The van der Waals surface area contributed by atoms with Gasteiger partial charge in [-0.2, -0.15) is 0 Å². The van der Waals surface area contributed by atoms with Gasteiger partial charge in [-0.05, 0) is 13.8 Å². The molecule has 8 heavy (non-hydrogen) atoms. The lowest BCUT2D eigenvalue weighted by Gasteiger charge is -2.07. The number of nitrogens with one attached hydrogen (secondary N) is 1. The molecule has 1 radical (unpaired) electrons. The quantitative estimate of drug-likeness (QED) is 0.569. The molecule has 1 nitrogen and oxygen atoms in total. The van der Waals surface area contributed by atoms with Crippen molar-refractivity contribution in [1.82, 2.24) is 5.32 Å². The third-order valence-electron chi connectivity index (χ3n) is 0.693. The van der Waals surface area contributed by atoms with Crippen molar-refractivity contribution < 1.29 is 0 Å². The van der Waals surface area contributed by atoms with Crippen molar-refractivity contribution in [2.45, 2.75) is 26.8 Å². The van der Waals surface area contributed by atoms with E-state index < -0.39 is 0 Å². The van der Waals surface area contributed by atoms with E-state index in [-0.39, 0.29) is 0 Å². The molecule has 0 fully saturated rings. The van der Waals surface area contributed by atoms with Crippen molar-refractivity contribution in [2.24, 2.45) is 0 Å². The van der Waals surface area contributed by atoms with Crippen LogP contribution < -0.4 is 5.32 Å². The molecule has 0 bridgehead atoms. The SMILES string of the molecule is C[CH]C(=S)NC(C)C.